The van der Waals surface area contributed by atoms with E-state index in [2.05, 4.69) is 9.97 Å². The van der Waals surface area contributed by atoms with Gasteiger partial charge in [0.25, 0.3) is 0 Å². The van der Waals surface area contributed by atoms with Crippen LogP contribution in [0.5, 0.6) is 0 Å². The third-order valence-corrected chi connectivity index (χ3v) is 4.52. The zero-order valence-corrected chi connectivity index (χ0v) is 14.7. The summed E-state index contributed by atoms with van der Waals surface area (Å²) in [6.45, 7) is 0.809. The summed E-state index contributed by atoms with van der Waals surface area (Å²) in [6, 6.07) is 6.24. The molecule has 2 heterocycles. The van der Waals surface area contributed by atoms with E-state index in [9.17, 15) is 27.9 Å². The Morgan fingerprint density at radius 3 is 2.43 bits per heavy atom. The van der Waals surface area contributed by atoms with E-state index in [1.54, 1.807) is 18.2 Å². The summed E-state index contributed by atoms with van der Waals surface area (Å²) in [5, 5.41) is 9.21. The van der Waals surface area contributed by atoms with Gasteiger partial charge < -0.3 is 14.9 Å². The Balaban J connectivity index is 1.67. The minimum absolute atomic E-state index is 0.0605. The number of piperazine rings is 1. The van der Waals surface area contributed by atoms with Crippen LogP contribution in [-0.4, -0.2) is 58.0 Å². The van der Waals surface area contributed by atoms with Gasteiger partial charge in [-0.2, -0.15) is 13.2 Å². The number of aromatic carboxylic acids is 1. The van der Waals surface area contributed by atoms with Crippen LogP contribution in [0.4, 0.5) is 19.0 Å². The second-order valence-electron chi connectivity index (χ2n) is 6.26. The molecule has 0 saturated carbocycles. The molecule has 28 heavy (non-hydrogen) atoms. The molecule has 1 amide bonds. The number of rotatable bonds is 4. The molecule has 148 valence electrons. The molecule has 0 spiro atoms. The van der Waals surface area contributed by atoms with Crippen LogP contribution in [0.1, 0.15) is 21.5 Å². The molecular weight excluding hydrogens is 377 g/mol. The number of carboxylic acid groups (broad SMARTS) is 1. The van der Waals surface area contributed by atoms with Crippen molar-refractivity contribution in [2.45, 2.75) is 12.6 Å². The normalized spacial score (nSPS) is 14.8. The Morgan fingerprint density at radius 1 is 1.11 bits per heavy atom. The van der Waals surface area contributed by atoms with E-state index >= 15 is 0 Å². The molecular formula is C18H17F3N4O3. The minimum atomic E-state index is -4.57. The fraction of sp³-hybridized carbons (Fsp3) is 0.333. The molecule has 1 aliphatic heterocycles. The standard InChI is InChI=1S/C18H17F3N4O3/c19-18(20,21)14-10-22-11-23-16(14)25-7-5-24(6-8-25)15(26)9-12-3-1-2-4-13(12)17(27)28/h1-4,10-11H,5-9H2,(H,27,28). The van der Waals surface area contributed by atoms with Crippen molar-refractivity contribution in [2.75, 3.05) is 31.1 Å². The Hall–Kier alpha value is -3.17. The summed E-state index contributed by atoms with van der Waals surface area (Å²) in [5.74, 6) is -1.59. The molecule has 1 N–H and O–H groups in total. The quantitative estimate of drug-likeness (QED) is 0.855. The van der Waals surface area contributed by atoms with Crippen molar-refractivity contribution in [3.05, 3.63) is 53.5 Å². The second kappa shape index (κ2) is 7.83. The average Bonchev–Trinajstić information content (AvgIpc) is 2.67. The van der Waals surface area contributed by atoms with Crippen LogP contribution in [0, 0.1) is 0 Å². The van der Waals surface area contributed by atoms with Crippen molar-refractivity contribution in [3.8, 4) is 0 Å². The Bertz CT molecular complexity index is 880. The van der Waals surface area contributed by atoms with Gasteiger partial charge in [0.1, 0.15) is 17.7 Å². The van der Waals surface area contributed by atoms with Gasteiger partial charge in [0.05, 0.1) is 12.0 Å². The van der Waals surface area contributed by atoms with Crippen molar-refractivity contribution >= 4 is 17.7 Å². The molecule has 0 atom stereocenters. The predicted molar refractivity (Wildman–Crippen MR) is 92.9 cm³/mol. The monoisotopic (exact) mass is 394 g/mol. The number of halogens is 3. The Kier molecular flexibility index (Phi) is 5.48. The molecule has 0 aliphatic carbocycles. The zero-order valence-electron chi connectivity index (χ0n) is 14.7. The molecule has 1 aromatic carbocycles. The third kappa shape index (κ3) is 4.21. The Labute approximate surface area is 158 Å². The van der Waals surface area contributed by atoms with Gasteiger partial charge in [0.15, 0.2) is 0 Å². The van der Waals surface area contributed by atoms with Crippen LogP contribution in [0.15, 0.2) is 36.8 Å². The lowest BCUT2D eigenvalue weighted by Crippen LogP contribution is -2.50. The van der Waals surface area contributed by atoms with E-state index in [4.69, 9.17) is 0 Å². The topological polar surface area (TPSA) is 86.6 Å². The molecule has 1 saturated heterocycles. The molecule has 1 aromatic heterocycles. The highest BCUT2D eigenvalue weighted by Crippen LogP contribution is 2.34. The van der Waals surface area contributed by atoms with E-state index in [1.807, 2.05) is 0 Å². The van der Waals surface area contributed by atoms with Gasteiger partial charge in [0, 0.05) is 32.4 Å². The second-order valence-corrected chi connectivity index (χ2v) is 6.26. The number of carboxylic acids is 1. The maximum Gasteiger partial charge on any atom is 0.421 e. The maximum atomic E-state index is 13.1. The van der Waals surface area contributed by atoms with E-state index in [0.717, 1.165) is 12.5 Å². The number of hydrogen-bond donors (Lipinski definition) is 1. The first-order valence-electron chi connectivity index (χ1n) is 8.48. The number of benzene rings is 1. The molecule has 10 heteroatoms. The summed E-state index contributed by atoms with van der Waals surface area (Å²) in [7, 11) is 0. The molecule has 7 nitrogen and oxygen atoms in total. The molecule has 0 unspecified atom stereocenters. The van der Waals surface area contributed by atoms with Gasteiger partial charge in [-0.3, -0.25) is 4.79 Å². The molecule has 0 radical (unpaired) electrons. The SMILES string of the molecule is O=C(O)c1ccccc1CC(=O)N1CCN(c2ncncc2C(F)(F)F)CC1. The van der Waals surface area contributed by atoms with Gasteiger partial charge >= 0.3 is 12.1 Å². The van der Waals surface area contributed by atoms with E-state index in [-0.39, 0.29) is 49.9 Å². The Morgan fingerprint density at radius 2 is 1.79 bits per heavy atom. The number of anilines is 1. The number of carbonyl (C=O) groups excluding carboxylic acids is 1. The summed E-state index contributed by atoms with van der Waals surface area (Å²) in [6.07, 6.45) is -2.85. The molecule has 2 aromatic rings. The van der Waals surface area contributed by atoms with Crippen LogP contribution in [0.2, 0.25) is 0 Å². The van der Waals surface area contributed by atoms with E-state index in [1.165, 1.54) is 15.9 Å². The smallest absolute Gasteiger partial charge is 0.421 e. The predicted octanol–water partition coefficient (Wildman–Crippen LogP) is 2.08. The molecule has 1 aliphatic rings. The van der Waals surface area contributed by atoms with Gasteiger partial charge in [-0.15, -0.1) is 0 Å². The number of carbonyl (C=O) groups is 2. The first-order valence-corrected chi connectivity index (χ1v) is 8.48. The molecule has 0 bridgehead atoms. The van der Waals surface area contributed by atoms with Crippen LogP contribution in [0.25, 0.3) is 0 Å². The summed E-state index contributed by atoms with van der Waals surface area (Å²) < 4.78 is 39.4. The van der Waals surface area contributed by atoms with Crippen LogP contribution in [0.3, 0.4) is 0 Å². The first kappa shape index (κ1) is 19.6. The van der Waals surface area contributed by atoms with E-state index < -0.39 is 17.7 Å². The third-order valence-electron chi connectivity index (χ3n) is 4.52. The van der Waals surface area contributed by atoms with Crippen LogP contribution >= 0.6 is 0 Å². The summed E-state index contributed by atoms with van der Waals surface area (Å²) in [5.41, 5.74) is -0.451. The average molecular weight is 394 g/mol. The lowest BCUT2D eigenvalue weighted by molar-refractivity contribution is -0.138. The zero-order chi connectivity index (χ0) is 20.3. The van der Waals surface area contributed by atoms with E-state index in [0.29, 0.717) is 5.56 Å². The van der Waals surface area contributed by atoms with Gasteiger partial charge in [-0.1, -0.05) is 18.2 Å². The van der Waals surface area contributed by atoms with Gasteiger partial charge in [-0.25, -0.2) is 14.8 Å². The van der Waals surface area contributed by atoms with Crippen LogP contribution in [-0.2, 0) is 17.4 Å². The van der Waals surface area contributed by atoms with Crippen LogP contribution < -0.4 is 4.90 Å². The molecule has 3 rings (SSSR count). The number of aromatic nitrogens is 2. The van der Waals surface area contributed by atoms with Crippen molar-refractivity contribution in [1.29, 1.82) is 0 Å². The number of nitrogens with zero attached hydrogens (tertiary/aromatic N) is 4. The minimum Gasteiger partial charge on any atom is -0.478 e. The highest BCUT2D eigenvalue weighted by Gasteiger charge is 2.37. The molecule has 1 fully saturated rings. The van der Waals surface area contributed by atoms with Crippen molar-refractivity contribution in [3.63, 3.8) is 0 Å². The largest absolute Gasteiger partial charge is 0.478 e. The lowest BCUT2D eigenvalue weighted by Gasteiger charge is -2.36. The number of hydrogen-bond acceptors (Lipinski definition) is 5. The summed E-state index contributed by atoms with van der Waals surface area (Å²) >= 11 is 0. The van der Waals surface area contributed by atoms with Gasteiger partial charge in [-0.05, 0) is 11.6 Å². The number of alkyl halides is 3. The highest BCUT2D eigenvalue weighted by atomic mass is 19.4. The van der Waals surface area contributed by atoms with Crippen molar-refractivity contribution < 1.29 is 27.9 Å². The van der Waals surface area contributed by atoms with Crippen molar-refractivity contribution in [2.24, 2.45) is 0 Å². The summed E-state index contributed by atoms with van der Waals surface area (Å²) in [4.78, 5) is 34.0. The fourth-order valence-corrected chi connectivity index (χ4v) is 3.10. The number of amides is 1. The maximum absolute atomic E-state index is 13.1. The van der Waals surface area contributed by atoms with Crippen molar-refractivity contribution in [1.82, 2.24) is 14.9 Å². The fourth-order valence-electron chi connectivity index (χ4n) is 3.10. The lowest BCUT2D eigenvalue weighted by atomic mass is 10.0. The highest BCUT2D eigenvalue weighted by molar-refractivity contribution is 5.91. The van der Waals surface area contributed by atoms with Gasteiger partial charge in [0.2, 0.25) is 5.91 Å². The first-order chi connectivity index (χ1) is 13.3.